The molecule has 0 unspecified atom stereocenters. The summed E-state index contributed by atoms with van der Waals surface area (Å²) < 4.78 is 13.0. The Morgan fingerprint density at radius 2 is 2.00 bits per heavy atom. The summed E-state index contributed by atoms with van der Waals surface area (Å²) in [5.74, 6) is -0.406. The minimum absolute atomic E-state index is 0.0150. The molecule has 1 N–H and O–H groups in total. The van der Waals surface area contributed by atoms with E-state index in [2.05, 4.69) is 5.10 Å². The van der Waals surface area contributed by atoms with Gasteiger partial charge in [-0.2, -0.15) is 0 Å². The lowest BCUT2D eigenvalue weighted by molar-refractivity contribution is 0.254. The molecule has 0 aliphatic heterocycles. The number of aromatic hydroxyl groups is 1. The molecule has 2 rings (SSSR count). The van der Waals surface area contributed by atoms with Gasteiger partial charge in [-0.05, 0) is 6.42 Å². The van der Waals surface area contributed by atoms with Crippen molar-refractivity contribution in [2.24, 2.45) is 0 Å². The van der Waals surface area contributed by atoms with Crippen LogP contribution in [-0.4, -0.2) is 15.1 Å². The lowest BCUT2D eigenvalue weighted by atomic mass is 10.1. The maximum atomic E-state index is 13.0. The molecular weight excluding hydrogens is 195 g/mol. The minimum atomic E-state index is -0.406. The third-order valence-electron chi connectivity index (χ3n) is 2.32. The minimum Gasteiger partial charge on any atom is -0.491 e. The zero-order valence-corrected chi connectivity index (χ0v) is 8.31. The Bertz CT molecular complexity index is 465. The number of rotatable bonds is 2. The van der Waals surface area contributed by atoms with Crippen LogP contribution < -0.4 is 0 Å². The van der Waals surface area contributed by atoms with Crippen molar-refractivity contribution >= 4 is 0 Å². The van der Waals surface area contributed by atoms with Crippen LogP contribution in [0.25, 0.3) is 11.3 Å². The predicted octanol–water partition coefficient (Wildman–Crippen LogP) is 2.55. The SMILES string of the molecule is CCc1c(-c2ccccc2)nn(F)c1O. The molecule has 1 aromatic carbocycles. The van der Waals surface area contributed by atoms with E-state index in [0.717, 1.165) is 5.56 Å². The van der Waals surface area contributed by atoms with Gasteiger partial charge in [0.1, 0.15) is 5.69 Å². The molecule has 0 fully saturated rings. The first-order chi connectivity index (χ1) is 7.24. The fourth-order valence-electron chi connectivity index (χ4n) is 1.57. The predicted molar refractivity (Wildman–Crippen MR) is 55.2 cm³/mol. The zero-order valence-electron chi connectivity index (χ0n) is 8.31. The molecule has 0 saturated carbocycles. The quantitative estimate of drug-likeness (QED) is 0.820. The summed E-state index contributed by atoms with van der Waals surface area (Å²) >= 11 is 0. The Morgan fingerprint density at radius 3 is 2.60 bits per heavy atom. The molecule has 0 spiro atoms. The van der Waals surface area contributed by atoms with Gasteiger partial charge in [0.05, 0.1) is 0 Å². The van der Waals surface area contributed by atoms with Crippen LogP contribution in [0.5, 0.6) is 5.88 Å². The van der Waals surface area contributed by atoms with Crippen LogP contribution in [0.2, 0.25) is 0 Å². The van der Waals surface area contributed by atoms with E-state index in [4.69, 9.17) is 0 Å². The highest BCUT2D eigenvalue weighted by molar-refractivity contribution is 5.65. The van der Waals surface area contributed by atoms with Crippen LogP contribution >= 0.6 is 0 Å². The smallest absolute Gasteiger partial charge is 0.245 e. The van der Waals surface area contributed by atoms with Gasteiger partial charge in [-0.25, -0.2) is 0 Å². The van der Waals surface area contributed by atoms with E-state index in [1.54, 1.807) is 0 Å². The molecule has 0 amide bonds. The standard InChI is InChI=1S/C11H11FN2O/c1-2-9-10(13-14(12)11(9)15)8-6-4-3-5-7-8/h3-7,15H,2H2,1H3. The van der Waals surface area contributed by atoms with E-state index in [1.165, 1.54) is 0 Å². The van der Waals surface area contributed by atoms with E-state index in [1.807, 2.05) is 37.3 Å². The van der Waals surface area contributed by atoms with Crippen LogP contribution in [0, 0.1) is 0 Å². The Labute approximate surface area is 86.7 Å². The van der Waals surface area contributed by atoms with Gasteiger partial charge in [-0.1, -0.05) is 46.6 Å². The van der Waals surface area contributed by atoms with Crippen molar-refractivity contribution in [3.63, 3.8) is 0 Å². The molecule has 2 aromatic rings. The maximum Gasteiger partial charge on any atom is 0.245 e. The summed E-state index contributed by atoms with van der Waals surface area (Å²) in [5, 5.41) is 13.1. The third-order valence-corrected chi connectivity index (χ3v) is 2.32. The van der Waals surface area contributed by atoms with Crippen molar-refractivity contribution in [2.75, 3.05) is 0 Å². The fourth-order valence-corrected chi connectivity index (χ4v) is 1.57. The molecule has 0 atom stereocenters. The third kappa shape index (κ3) is 1.58. The highest BCUT2D eigenvalue weighted by Crippen LogP contribution is 2.29. The molecule has 15 heavy (non-hydrogen) atoms. The normalized spacial score (nSPS) is 10.5. The average Bonchev–Trinajstić information content (AvgIpc) is 2.56. The molecule has 1 aromatic heterocycles. The van der Waals surface area contributed by atoms with Crippen molar-refractivity contribution in [1.82, 2.24) is 10.0 Å². The molecule has 0 aliphatic carbocycles. The number of halogens is 1. The Balaban J connectivity index is 2.58. The maximum absolute atomic E-state index is 13.0. The highest BCUT2D eigenvalue weighted by atomic mass is 19.2. The van der Waals surface area contributed by atoms with Crippen LogP contribution in [0.15, 0.2) is 30.3 Å². The topological polar surface area (TPSA) is 38.0 Å². The second kappa shape index (κ2) is 3.73. The zero-order chi connectivity index (χ0) is 10.8. The summed E-state index contributed by atoms with van der Waals surface area (Å²) in [7, 11) is 0. The van der Waals surface area contributed by atoms with Gasteiger partial charge in [0.2, 0.25) is 5.88 Å². The summed E-state index contributed by atoms with van der Waals surface area (Å²) in [6.07, 6.45) is 0.542. The molecule has 4 heteroatoms. The van der Waals surface area contributed by atoms with Crippen molar-refractivity contribution < 1.29 is 9.59 Å². The van der Waals surface area contributed by atoms with Crippen molar-refractivity contribution in [3.8, 4) is 17.1 Å². The Kier molecular flexibility index (Phi) is 2.41. The first-order valence-electron chi connectivity index (χ1n) is 4.76. The fraction of sp³-hybridized carbons (Fsp3) is 0.182. The van der Waals surface area contributed by atoms with Crippen molar-refractivity contribution in [3.05, 3.63) is 35.9 Å². The van der Waals surface area contributed by atoms with Crippen LogP contribution in [-0.2, 0) is 6.42 Å². The van der Waals surface area contributed by atoms with E-state index in [0.29, 0.717) is 17.7 Å². The highest BCUT2D eigenvalue weighted by Gasteiger charge is 2.16. The van der Waals surface area contributed by atoms with Crippen LogP contribution in [0.4, 0.5) is 4.48 Å². The summed E-state index contributed by atoms with van der Waals surface area (Å²) in [4.78, 5) is 0.0150. The summed E-state index contributed by atoms with van der Waals surface area (Å²) in [6, 6.07) is 9.25. The number of hydrogen-bond donors (Lipinski definition) is 1. The molecule has 3 nitrogen and oxygen atoms in total. The van der Waals surface area contributed by atoms with Gasteiger partial charge >= 0.3 is 0 Å². The van der Waals surface area contributed by atoms with E-state index < -0.39 is 5.88 Å². The first kappa shape index (κ1) is 9.71. The Morgan fingerprint density at radius 1 is 1.33 bits per heavy atom. The average molecular weight is 206 g/mol. The lowest BCUT2D eigenvalue weighted by Gasteiger charge is -1.98. The molecule has 1 heterocycles. The van der Waals surface area contributed by atoms with Gasteiger partial charge < -0.3 is 5.11 Å². The molecular formula is C11H11FN2O. The first-order valence-corrected chi connectivity index (χ1v) is 4.76. The number of aromatic nitrogens is 2. The van der Waals surface area contributed by atoms with Gasteiger partial charge in [-0.15, -0.1) is 5.10 Å². The van der Waals surface area contributed by atoms with Crippen molar-refractivity contribution in [1.29, 1.82) is 0 Å². The summed E-state index contributed by atoms with van der Waals surface area (Å²) in [5.41, 5.74) is 1.84. The molecule has 0 radical (unpaired) electrons. The van der Waals surface area contributed by atoms with Crippen LogP contribution in [0.1, 0.15) is 12.5 Å². The van der Waals surface area contributed by atoms with Crippen LogP contribution in [0.3, 0.4) is 0 Å². The molecule has 0 saturated heterocycles. The van der Waals surface area contributed by atoms with E-state index >= 15 is 0 Å². The van der Waals surface area contributed by atoms with E-state index in [-0.39, 0.29) is 4.90 Å². The second-order valence-electron chi connectivity index (χ2n) is 3.23. The molecule has 0 aliphatic rings. The van der Waals surface area contributed by atoms with Crippen molar-refractivity contribution in [2.45, 2.75) is 13.3 Å². The lowest BCUT2D eigenvalue weighted by Crippen LogP contribution is -1.84. The number of nitrogens with zero attached hydrogens (tertiary/aromatic N) is 2. The van der Waals surface area contributed by atoms with Gasteiger partial charge in [0, 0.05) is 11.1 Å². The number of benzene rings is 1. The monoisotopic (exact) mass is 206 g/mol. The second-order valence-corrected chi connectivity index (χ2v) is 3.23. The van der Waals surface area contributed by atoms with Gasteiger partial charge in [0.25, 0.3) is 0 Å². The molecule has 78 valence electrons. The van der Waals surface area contributed by atoms with Gasteiger partial charge in [-0.3, -0.25) is 0 Å². The largest absolute Gasteiger partial charge is 0.491 e. The van der Waals surface area contributed by atoms with Gasteiger partial charge in [0.15, 0.2) is 0 Å². The molecule has 0 bridgehead atoms. The van der Waals surface area contributed by atoms with E-state index in [9.17, 15) is 9.59 Å². The summed E-state index contributed by atoms with van der Waals surface area (Å²) in [6.45, 7) is 1.85. The Hall–Kier alpha value is -1.84. The number of hydrogen-bond acceptors (Lipinski definition) is 2.